The van der Waals surface area contributed by atoms with Crippen molar-refractivity contribution in [3.8, 4) is 22.6 Å². The molecule has 11 heteroatoms. The Morgan fingerprint density at radius 1 is 0.769 bits per heavy atom. The van der Waals surface area contributed by atoms with Gasteiger partial charge in [-0.25, -0.2) is 14.6 Å². The molecule has 2 N–H and O–H groups in total. The number of fused-ring (bicyclic) bond motifs is 2. The van der Waals surface area contributed by atoms with E-state index in [2.05, 4.69) is 21.7 Å². The number of carbonyl (C=O) groups is 3. The number of nitrogens with one attached hydrogen (secondary N) is 2. The molecule has 278 valence electrons. The van der Waals surface area contributed by atoms with E-state index in [4.69, 9.17) is 23.7 Å². The molecular formula is C41H51N3O8. The monoisotopic (exact) mass is 713 g/mol. The summed E-state index contributed by atoms with van der Waals surface area (Å²) in [7, 11) is 1.57. The van der Waals surface area contributed by atoms with Crippen LogP contribution >= 0.6 is 0 Å². The van der Waals surface area contributed by atoms with Crippen LogP contribution in [-0.4, -0.2) is 49.5 Å². The Hall–Kier alpha value is -4.90. The Balaban J connectivity index is 1.51. The van der Waals surface area contributed by atoms with Gasteiger partial charge in [-0.2, -0.15) is 0 Å². The molecule has 5 rings (SSSR count). The van der Waals surface area contributed by atoms with Gasteiger partial charge in [0.25, 0.3) is 0 Å². The SMILES string of the molecule is COCOc1c(C=O)cc2c(c1-c1c(OCc3cccc(N=C(NC(=O)OC(C)(C)C)NC(=O)OC(C)(C)C)c3)ccc3c1CCCC3)CCCC2. The molecule has 0 saturated heterocycles. The zero-order chi connectivity index (χ0) is 37.5. The van der Waals surface area contributed by atoms with E-state index in [1.165, 1.54) is 22.3 Å². The van der Waals surface area contributed by atoms with E-state index >= 15 is 0 Å². The molecule has 3 aromatic carbocycles. The Kier molecular flexibility index (Phi) is 12.3. The minimum Gasteiger partial charge on any atom is -0.488 e. The largest absolute Gasteiger partial charge is 0.488 e. The fourth-order valence-corrected chi connectivity index (χ4v) is 6.63. The number of methoxy groups -OCH3 is 1. The summed E-state index contributed by atoms with van der Waals surface area (Å²) in [4.78, 5) is 42.3. The Bertz CT molecular complexity index is 1790. The first kappa shape index (κ1) is 38.3. The quantitative estimate of drug-likeness (QED) is 0.0976. The van der Waals surface area contributed by atoms with Gasteiger partial charge in [-0.05, 0) is 145 Å². The zero-order valence-corrected chi connectivity index (χ0v) is 31.4. The number of aliphatic imine (C=N–C) groups is 1. The van der Waals surface area contributed by atoms with Crippen LogP contribution in [0.4, 0.5) is 15.3 Å². The second kappa shape index (κ2) is 16.6. The lowest BCUT2D eigenvalue weighted by Crippen LogP contribution is -2.47. The highest BCUT2D eigenvalue weighted by Crippen LogP contribution is 2.48. The normalized spacial score (nSPS) is 13.9. The molecule has 0 radical (unpaired) electrons. The van der Waals surface area contributed by atoms with Crippen LogP contribution in [0.5, 0.6) is 11.5 Å². The van der Waals surface area contributed by atoms with Crippen LogP contribution < -0.4 is 20.1 Å². The average molecular weight is 714 g/mol. The minimum absolute atomic E-state index is 0.0126. The molecule has 0 atom stereocenters. The molecule has 0 spiro atoms. The van der Waals surface area contributed by atoms with E-state index in [-0.39, 0.29) is 19.4 Å². The van der Waals surface area contributed by atoms with Crippen LogP contribution in [0.15, 0.2) is 47.5 Å². The van der Waals surface area contributed by atoms with Crippen molar-refractivity contribution < 1.29 is 38.1 Å². The Labute approximate surface area is 306 Å². The summed E-state index contributed by atoms with van der Waals surface area (Å²) >= 11 is 0. The predicted octanol–water partition coefficient (Wildman–Crippen LogP) is 8.52. The average Bonchev–Trinajstić information content (AvgIpc) is 3.07. The number of carbonyl (C=O) groups excluding carboxylic acids is 3. The lowest BCUT2D eigenvalue weighted by Gasteiger charge is -2.28. The van der Waals surface area contributed by atoms with Gasteiger partial charge in [0.15, 0.2) is 13.1 Å². The van der Waals surface area contributed by atoms with E-state index in [1.807, 2.05) is 30.3 Å². The number of guanidine groups is 1. The fraction of sp³-hybridized carbons (Fsp3) is 0.463. The number of aldehydes is 1. The summed E-state index contributed by atoms with van der Waals surface area (Å²) in [6, 6.07) is 13.5. The number of aryl methyl sites for hydroxylation is 2. The number of alkyl carbamates (subject to hydrolysis) is 2. The zero-order valence-electron chi connectivity index (χ0n) is 31.4. The molecule has 52 heavy (non-hydrogen) atoms. The third-order valence-electron chi connectivity index (χ3n) is 8.61. The van der Waals surface area contributed by atoms with Gasteiger partial charge >= 0.3 is 12.2 Å². The van der Waals surface area contributed by atoms with E-state index in [0.29, 0.717) is 22.7 Å². The van der Waals surface area contributed by atoms with Gasteiger partial charge in [0, 0.05) is 18.2 Å². The number of hydrogen-bond donors (Lipinski definition) is 2. The van der Waals surface area contributed by atoms with Crippen LogP contribution in [0.2, 0.25) is 0 Å². The van der Waals surface area contributed by atoms with Gasteiger partial charge < -0.3 is 23.7 Å². The van der Waals surface area contributed by atoms with Gasteiger partial charge in [0.05, 0.1) is 11.3 Å². The van der Waals surface area contributed by atoms with Crippen LogP contribution in [0.1, 0.15) is 105 Å². The molecule has 11 nitrogen and oxygen atoms in total. The van der Waals surface area contributed by atoms with Crippen molar-refractivity contribution in [3.63, 3.8) is 0 Å². The maximum atomic E-state index is 12.7. The first-order chi connectivity index (χ1) is 24.7. The highest BCUT2D eigenvalue weighted by molar-refractivity contribution is 6.02. The summed E-state index contributed by atoms with van der Waals surface area (Å²) in [5.41, 5.74) is 7.02. The first-order valence-corrected chi connectivity index (χ1v) is 18.0. The van der Waals surface area contributed by atoms with Crippen LogP contribution in [-0.2, 0) is 46.5 Å². The summed E-state index contributed by atoms with van der Waals surface area (Å²) in [5.74, 6) is 1.08. The number of benzene rings is 3. The van der Waals surface area contributed by atoms with Gasteiger partial charge in [0.2, 0.25) is 5.96 Å². The fourth-order valence-electron chi connectivity index (χ4n) is 6.63. The second-order valence-corrected chi connectivity index (χ2v) is 15.1. The molecule has 0 unspecified atom stereocenters. The summed E-state index contributed by atoms with van der Waals surface area (Å²) in [6.45, 7) is 10.7. The van der Waals surface area contributed by atoms with E-state index in [1.54, 1.807) is 54.7 Å². The standard InChI is InChI=1S/C41H51N3O8/c1-40(2,3)51-38(46)43-37(44-39(47)52-41(4,5)6)42-30-16-12-13-26(21-30)24-49-33-20-19-27-14-8-10-17-31(27)34(33)35-32-18-11-9-15-28(32)22-29(23-45)36(35)50-25-48-7/h12-13,16,19-23H,8-11,14-15,17-18,24-25H2,1-7H3,(H2,42,43,44,46,47). The van der Waals surface area contributed by atoms with Crippen molar-refractivity contribution in [1.82, 2.24) is 10.6 Å². The summed E-state index contributed by atoms with van der Waals surface area (Å²) in [6.07, 6.45) is 7.26. The number of amides is 2. The lowest BCUT2D eigenvalue weighted by atomic mass is 9.79. The van der Waals surface area contributed by atoms with Crippen LogP contribution in [0.3, 0.4) is 0 Å². The van der Waals surface area contributed by atoms with Gasteiger partial charge in [-0.3, -0.25) is 15.4 Å². The maximum Gasteiger partial charge on any atom is 0.414 e. The van der Waals surface area contributed by atoms with E-state index in [9.17, 15) is 14.4 Å². The minimum atomic E-state index is -0.781. The van der Waals surface area contributed by atoms with Gasteiger partial charge in [-0.1, -0.05) is 18.2 Å². The molecule has 0 fully saturated rings. The number of hydrogen-bond acceptors (Lipinski definition) is 9. The molecular weight excluding hydrogens is 662 g/mol. The van der Waals surface area contributed by atoms with Crippen LogP contribution in [0, 0.1) is 0 Å². The molecule has 2 aliphatic rings. The molecule has 3 aromatic rings. The maximum absolute atomic E-state index is 12.7. The summed E-state index contributed by atoms with van der Waals surface area (Å²) in [5, 5.41) is 5.05. The topological polar surface area (TPSA) is 134 Å². The van der Waals surface area contributed by atoms with E-state index in [0.717, 1.165) is 74.3 Å². The molecule has 0 bridgehead atoms. The molecule has 0 saturated carbocycles. The molecule has 0 aliphatic heterocycles. The number of ether oxygens (including phenoxy) is 5. The van der Waals surface area contributed by atoms with Crippen molar-refractivity contribution in [2.45, 2.75) is 111 Å². The third kappa shape index (κ3) is 10.1. The van der Waals surface area contributed by atoms with E-state index < -0.39 is 23.4 Å². The van der Waals surface area contributed by atoms with Crippen LogP contribution in [0.25, 0.3) is 11.1 Å². The Morgan fingerprint density at radius 2 is 1.38 bits per heavy atom. The smallest absolute Gasteiger partial charge is 0.414 e. The number of rotatable bonds is 9. The van der Waals surface area contributed by atoms with Gasteiger partial charge in [-0.15, -0.1) is 0 Å². The predicted molar refractivity (Wildman–Crippen MR) is 200 cm³/mol. The first-order valence-electron chi connectivity index (χ1n) is 18.0. The third-order valence-corrected chi connectivity index (χ3v) is 8.61. The van der Waals surface area contributed by atoms with Crippen molar-refractivity contribution in [3.05, 3.63) is 75.8 Å². The van der Waals surface area contributed by atoms with Crippen molar-refractivity contribution in [2.24, 2.45) is 4.99 Å². The second-order valence-electron chi connectivity index (χ2n) is 15.1. The van der Waals surface area contributed by atoms with Crippen molar-refractivity contribution in [1.29, 1.82) is 0 Å². The molecule has 0 heterocycles. The van der Waals surface area contributed by atoms with Crippen molar-refractivity contribution in [2.75, 3.05) is 13.9 Å². The molecule has 2 amide bonds. The molecule has 2 aliphatic carbocycles. The summed E-state index contributed by atoms with van der Waals surface area (Å²) < 4.78 is 28.9. The highest BCUT2D eigenvalue weighted by atomic mass is 16.7. The Morgan fingerprint density at radius 3 is 2.00 bits per heavy atom. The lowest BCUT2D eigenvalue weighted by molar-refractivity contribution is 0.0507. The van der Waals surface area contributed by atoms with Gasteiger partial charge in [0.1, 0.15) is 29.3 Å². The highest BCUT2D eigenvalue weighted by Gasteiger charge is 2.29. The molecule has 0 aromatic heterocycles. The van der Waals surface area contributed by atoms with Crippen molar-refractivity contribution >= 4 is 30.1 Å². The number of nitrogens with zero attached hydrogens (tertiary/aromatic N) is 1.